The lowest BCUT2D eigenvalue weighted by atomic mass is 10.1. The minimum atomic E-state index is -0.329. The number of carbonyl (C=O) groups excluding carboxylic acids is 1. The zero-order chi connectivity index (χ0) is 10.4. The summed E-state index contributed by atoms with van der Waals surface area (Å²) in [4.78, 5) is 11.8. The van der Waals surface area contributed by atoms with Crippen LogP contribution in [0.5, 0.6) is 0 Å². The van der Waals surface area contributed by atoms with Crippen molar-refractivity contribution < 1.29 is 14.3 Å². The highest BCUT2D eigenvalue weighted by Crippen LogP contribution is 2.15. The molecule has 80 valence electrons. The Labute approximate surface area is 85.1 Å². The first-order valence-corrected chi connectivity index (χ1v) is 5.19. The van der Waals surface area contributed by atoms with E-state index in [1.54, 1.807) is 7.11 Å². The Hall–Kier alpha value is -0.830. The smallest absolute Gasteiger partial charge is 0.225 e. The van der Waals surface area contributed by atoms with E-state index in [1.165, 1.54) is 0 Å². The van der Waals surface area contributed by atoms with Crippen molar-refractivity contribution in [2.75, 3.05) is 13.7 Å². The molecule has 3 nitrogen and oxygen atoms in total. The van der Waals surface area contributed by atoms with Crippen molar-refractivity contribution >= 4 is 5.78 Å². The fraction of sp³-hybridized carbons (Fsp3) is 0.727. The Morgan fingerprint density at radius 3 is 3.00 bits per heavy atom. The molecule has 1 aliphatic heterocycles. The number of rotatable bonds is 5. The van der Waals surface area contributed by atoms with Gasteiger partial charge >= 0.3 is 0 Å². The second-order valence-corrected chi connectivity index (χ2v) is 3.44. The number of Topliss-reactive ketones (excluding diaryl/α,β-unsaturated/α-hetero) is 1. The van der Waals surface area contributed by atoms with Gasteiger partial charge in [-0.3, -0.25) is 4.79 Å². The normalized spacial score (nSPS) is 18.3. The van der Waals surface area contributed by atoms with Crippen LogP contribution in [0.1, 0.15) is 32.6 Å². The molecule has 3 heteroatoms. The van der Waals surface area contributed by atoms with Crippen LogP contribution in [0, 0.1) is 0 Å². The predicted molar refractivity (Wildman–Crippen MR) is 54.0 cm³/mol. The Morgan fingerprint density at radius 2 is 2.50 bits per heavy atom. The van der Waals surface area contributed by atoms with E-state index < -0.39 is 0 Å². The van der Waals surface area contributed by atoms with Gasteiger partial charge in [-0.15, -0.1) is 0 Å². The highest BCUT2D eigenvalue weighted by Gasteiger charge is 2.23. The highest BCUT2D eigenvalue weighted by atomic mass is 16.5. The molecule has 0 aromatic rings. The van der Waals surface area contributed by atoms with Crippen LogP contribution in [0.4, 0.5) is 0 Å². The van der Waals surface area contributed by atoms with Gasteiger partial charge in [0.05, 0.1) is 6.61 Å². The molecule has 0 fully saturated rings. The SMILES string of the molecule is CCCC(OC)C(=O)C1=CCCCO1. The van der Waals surface area contributed by atoms with E-state index in [1.807, 2.05) is 13.0 Å². The predicted octanol–water partition coefficient (Wildman–Crippen LogP) is 2.06. The van der Waals surface area contributed by atoms with Crippen LogP contribution in [0.2, 0.25) is 0 Å². The number of hydrogen-bond donors (Lipinski definition) is 0. The molecule has 0 aromatic heterocycles. The average Bonchev–Trinajstić information content (AvgIpc) is 2.26. The Balaban J connectivity index is 2.56. The Bertz CT molecular complexity index is 221. The first-order chi connectivity index (χ1) is 6.79. The first kappa shape index (κ1) is 11.2. The molecule has 0 radical (unpaired) electrons. The van der Waals surface area contributed by atoms with Crippen LogP contribution in [0.15, 0.2) is 11.8 Å². The van der Waals surface area contributed by atoms with E-state index in [2.05, 4.69) is 0 Å². The zero-order valence-corrected chi connectivity index (χ0v) is 8.91. The van der Waals surface area contributed by atoms with Gasteiger partial charge in [-0.2, -0.15) is 0 Å². The summed E-state index contributed by atoms with van der Waals surface area (Å²) >= 11 is 0. The number of methoxy groups -OCH3 is 1. The standard InChI is InChI=1S/C11H18O3/c1-3-6-9(13-2)11(12)10-7-4-5-8-14-10/h7,9H,3-6,8H2,1-2H3. The van der Waals surface area contributed by atoms with Gasteiger partial charge in [0.2, 0.25) is 5.78 Å². The quantitative estimate of drug-likeness (QED) is 0.678. The van der Waals surface area contributed by atoms with E-state index in [0.717, 1.165) is 25.7 Å². The van der Waals surface area contributed by atoms with Gasteiger partial charge in [-0.1, -0.05) is 13.3 Å². The van der Waals surface area contributed by atoms with Crippen LogP contribution in [0.25, 0.3) is 0 Å². The van der Waals surface area contributed by atoms with Gasteiger partial charge in [0.15, 0.2) is 5.76 Å². The summed E-state index contributed by atoms with van der Waals surface area (Å²) in [6.45, 7) is 2.69. The van der Waals surface area contributed by atoms with Crippen LogP contribution in [0.3, 0.4) is 0 Å². The summed E-state index contributed by atoms with van der Waals surface area (Å²) in [5.41, 5.74) is 0. The zero-order valence-electron chi connectivity index (χ0n) is 8.91. The van der Waals surface area contributed by atoms with E-state index in [0.29, 0.717) is 12.4 Å². The maximum atomic E-state index is 11.8. The summed E-state index contributed by atoms with van der Waals surface area (Å²) in [7, 11) is 1.57. The molecular formula is C11H18O3. The third kappa shape index (κ3) is 2.84. The van der Waals surface area contributed by atoms with Gasteiger partial charge in [-0.25, -0.2) is 0 Å². The molecule has 1 atom stereocenters. The first-order valence-electron chi connectivity index (χ1n) is 5.19. The molecule has 1 aliphatic rings. The maximum Gasteiger partial charge on any atom is 0.225 e. The van der Waals surface area contributed by atoms with Crippen molar-refractivity contribution in [3.8, 4) is 0 Å². The number of hydrogen-bond acceptors (Lipinski definition) is 3. The van der Waals surface area contributed by atoms with E-state index in [-0.39, 0.29) is 11.9 Å². The van der Waals surface area contributed by atoms with Crippen molar-refractivity contribution in [2.24, 2.45) is 0 Å². The Kier molecular flexibility index (Phi) is 4.66. The summed E-state index contributed by atoms with van der Waals surface area (Å²) in [5.74, 6) is 0.491. The summed E-state index contributed by atoms with van der Waals surface area (Å²) < 4.78 is 10.4. The minimum absolute atomic E-state index is 0.00551. The molecule has 0 N–H and O–H groups in total. The third-order valence-corrected chi connectivity index (χ3v) is 2.31. The highest BCUT2D eigenvalue weighted by molar-refractivity contribution is 5.97. The van der Waals surface area contributed by atoms with Crippen LogP contribution in [-0.2, 0) is 14.3 Å². The molecule has 1 unspecified atom stereocenters. The molecule has 1 heterocycles. The summed E-state index contributed by atoms with van der Waals surface area (Å²) in [6.07, 6.45) is 5.18. The number of ketones is 1. The van der Waals surface area contributed by atoms with Crippen LogP contribution < -0.4 is 0 Å². The van der Waals surface area contributed by atoms with Crippen molar-refractivity contribution in [3.63, 3.8) is 0 Å². The van der Waals surface area contributed by atoms with Gasteiger partial charge in [0.1, 0.15) is 6.10 Å². The van der Waals surface area contributed by atoms with Crippen molar-refractivity contribution in [1.29, 1.82) is 0 Å². The van der Waals surface area contributed by atoms with Crippen LogP contribution in [-0.4, -0.2) is 25.6 Å². The largest absolute Gasteiger partial charge is 0.490 e. The second-order valence-electron chi connectivity index (χ2n) is 3.44. The molecule has 14 heavy (non-hydrogen) atoms. The monoisotopic (exact) mass is 198 g/mol. The third-order valence-electron chi connectivity index (χ3n) is 2.31. The molecule has 0 saturated heterocycles. The lowest BCUT2D eigenvalue weighted by molar-refractivity contribution is -0.129. The van der Waals surface area contributed by atoms with E-state index in [4.69, 9.17) is 9.47 Å². The molecule has 0 saturated carbocycles. The molecule has 0 aromatic carbocycles. The van der Waals surface area contributed by atoms with E-state index in [9.17, 15) is 4.79 Å². The molecule has 0 amide bonds. The van der Waals surface area contributed by atoms with Gasteiger partial charge in [-0.05, 0) is 25.3 Å². The van der Waals surface area contributed by atoms with Crippen molar-refractivity contribution in [2.45, 2.75) is 38.7 Å². The molecule has 1 rings (SSSR count). The maximum absolute atomic E-state index is 11.8. The Morgan fingerprint density at radius 1 is 1.71 bits per heavy atom. The molecule has 0 spiro atoms. The lowest BCUT2D eigenvalue weighted by Crippen LogP contribution is -2.26. The lowest BCUT2D eigenvalue weighted by Gasteiger charge is -2.18. The van der Waals surface area contributed by atoms with Crippen molar-refractivity contribution in [1.82, 2.24) is 0 Å². The molecule has 0 aliphatic carbocycles. The summed E-state index contributed by atoms with van der Waals surface area (Å²) in [5, 5.41) is 0. The topological polar surface area (TPSA) is 35.5 Å². The average molecular weight is 198 g/mol. The van der Waals surface area contributed by atoms with Gasteiger partial charge in [0.25, 0.3) is 0 Å². The van der Waals surface area contributed by atoms with Crippen LogP contribution >= 0.6 is 0 Å². The minimum Gasteiger partial charge on any atom is -0.490 e. The summed E-state index contributed by atoms with van der Waals surface area (Å²) in [6, 6.07) is 0. The number of ether oxygens (including phenoxy) is 2. The van der Waals surface area contributed by atoms with E-state index >= 15 is 0 Å². The number of carbonyl (C=O) groups is 1. The number of allylic oxidation sites excluding steroid dienone is 1. The fourth-order valence-corrected chi connectivity index (χ4v) is 1.51. The second kappa shape index (κ2) is 5.81. The molecule has 0 bridgehead atoms. The van der Waals surface area contributed by atoms with Crippen molar-refractivity contribution in [3.05, 3.63) is 11.8 Å². The molecular weight excluding hydrogens is 180 g/mol. The fourth-order valence-electron chi connectivity index (χ4n) is 1.51. The van der Waals surface area contributed by atoms with Gasteiger partial charge < -0.3 is 9.47 Å². The van der Waals surface area contributed by atoms with Gasteiger partial charge in [0, 0.05) is 7.11 Å².